The Hall–Kier alpha value is -2.50. The van der Waals surface area contributed by atoms with Crippen molar-refractivity contribution in [3.8, 4) is 11.8 Å². The van der Waals surface area contributed by atoms with Crippen LogP contribution in [0.2, 0.25) is 0 Å². The van der Waals surface area contributed by atoms with Crippen molar-refractivity contribution < 1.29 is 18.6 Å². The predicted molar refractivity (Wildman–Crippen MR) is 110 cm³/mol. The van der Waals surface area contributed by atoms with E-state index in [2.05, 4.69) is 26.0 Å². The van der Waals surface area contributed by atoms with Crippen LogP contribution in [0.3, 0.4) is 0 Å². The molecule has 0 spiro atoms. The summed E-state index contributed by atoms with van der Waals surface area (Å²) in [5.41, 5.74) is 1.60. The van der Waals surface area contributed by atoms with Crippen molar-refractivity contribution in [3.05, 3.63) is 30.0 Å². The van der Waals surface area contributed by atoms with Crippen LogP contribution in [0.4, 0.5) is 14.5 Å². The normalized spacial score (nSPS) is 23.4. The van der Waals surface area contributed by atoms with E-state index in [1.807, 2.05) is 0 Å². The number of halogens is 2. The Balaban J connectivity index is 1.51. The number of ether oxygens (including phenoxy) is 1. The number of nitrogens with one attached hydrogen (secondary N) is 1. The van der Waals surface area contributed by atoms with Gasteiger partial charge in [0.05, 0.1) is 22.9 Å². The molecule has 2 fully saturated rings. The number of fused-ring (bicyclic) bond motifs is 1. The van der Waals surface area contributed by atoms with Crippen molar-refractivity contribution in [1.29, 1.82) is 5.26 Å². The van der Waals surface area contributed by atoms with Crippen LogP contribution in [-0.2, 0) is 0 Å². The fourth-order valence-electron chi connectivity index (χ4n) is 4.69. The Morgan fingerprint density at radius 1 is 1.20 bits per heavy atom. The number of alkyl halides is 2. The zero-order valence-electron chi connectivity index (χ0n) is 16.7. The van der Waals surface area contributed by atoms with Crippen molar-refractivity contribution in [2.24, 2.45) is 0 Å². The third kappa shape index (κ3) is 4.47. The second kappa shape index (κ2) is 9.11. The van der Waals surface area contributed by atoms with E-state index in [9.17, 15) is 19.1 Å². The highest BCUT2D eigenvalue weighted by Gasteiger charge is 2.31. The lowest BCUT2D eigenvalue weighted by atomic mass is 9.89. The molecule has 2 N–H and O–H groups in total. The van der Waals surface area contributed by atoms with Gasteiger partial charge < -0.3 is 15.2 Å². The minimum absolute atomic E-state index is 0.0403. The highest BCUT2D eigenvalue weighted by molar-refractivity contribution is 5.95. The maximum atomic E-state index is 12.6. The molecule has 1 aromatic carbocycles. The number of rotatable bonds is 5. The quantitative estimate of drug-likeness (QED) is 0.770. The average molecular weight is 416 g/mol. The summed E-state index contributed by atoms with van der Waals surface area (Å²) in [5, 5.41) is 23.9. The molecule has 160 valence electrons. The zero-order chi connectivity index (χ0) is 21.1. The molecule has 0 radical (unpaired) electrons. The first-order chi connectivity index (χ1) is 14.5. The molecule has 4 rings (SSSR count). The number of hydrogen-bond donors (Lipinski definition) is 2. The molecule has 1 aromatic heterocycles. The Bertz CT molecular complexity index is 925. The number of likely N-dealkylation sites (tertiary alicyclic amines) is 1. The standard InChI is InChI=1S/C22H26F2N4O2/c23-22(24)30-16-5-6-18-17(11-16)21(14(12-25)13-26-18)27-15-7-9-28(10-8-15)19-3-1-2-4-20(19)29/h5-6,11,13,15,19-20,22,29H,1-4,7-10H2,(H,26,27). The number of aliphatic hydroxyl groups is 1. The SMILES string of the molecule is N#Cc1cnc2ccc(OC(F)F)cc2c1NC1CCN(C2CCCCC2O)CC1. The summed E-state index contributed by atoms with van der Waals surface area (Å²) in [7, 11) is 0. The first-order valence-corrected chi connectivity index (χ1v) is 10.5. The van der Waals surface area contributed by atoms with E-state index in [-0.39, 0.29) is 23.9 Å². The van der Waals surface area contributed by atoms with Crippen molar-refractivity contribution in [2.75, 3.05) is 18.4 Å². The molecule has 2 atom stereocenters. The first-order valence-electron chi connectivity index (χ1n) is 10.5. The van der Waals surface area contributed by atoms with Crippen LogP contribution >= 0.6 is 0 Å². The molecule has 2 unspecified atom stereocenters. The minimum Gasteiger partial charge on any atom is -0.435 e. The van der Waals surface area contributed by atoms with Crippen LogP contribution in [0.25, 0.3) is 10.9 Å². The van der Waals surface area contributed by atoms with Crippen LogP contribution in [0.15, 0.2) is 24.4 Å². The van der Waals surface area contributed by atoms with Crippen LogP contribution in [0.5, 0.6) is 5.75 Å². The van der Waals surface area contributed by atoms with E-state index < -0.39 is 6.61 Å². The van der Waals surface area contributed by atoms with Gasteiger partial charge in [-0.3, -0.25) is 9.88 Å². The largest absolute Gasteiger partial charge is 0.435 e. The molecule has 2 aromatic rings. The average Bonchev–Trinajstić information content (AvgIpc) is 2.75. The van der Waals surface area contributed by atoms with E-state index in [0.29, 0.717) is 22.2 Å². The van der Waals surface area contributed by atoms with E-state index in [1.54, 1.807) is 6.07 Å². The highest BCUT2D eigenvalue weighted by atomic mass is 19.3. The lowest BCUT2D eigenvalue weighted by Gasteiger charge is -2.42. The summed E-state index contributed by atoms with van der Waals surface area (Å²) in [6, 6.07) is 7.11. The summed E-state index contributed by atoms with van der Waals surface area (Å²) in [5.74, 6) is 0.0403. The van der Waals surface area contributed by atoms with Crippen LogP contribution in [0.1, 0.15) is 44.1 Å². The van der Waals surface area contributed by atoms with Crippen LogP contribution in [0, 0.1) is 11.3 Å². The predicted octanol–water partition coefficient (Wildman–Crippen LogP) is 3.89. The molecular weight excluding hydrogens is 390 g/mol. The minimum atomic E-state index is -2.91. The second-order valence-electron chi connectivity index (χ2n) is 8.09. The number of aliphatic hydroxyl groups excluding tert-OH is 1. The molecule has 0 bridgehead atoms. The molecule has 1 aliphatic carbocycles. The summed E-state index contributed by atoms with van der Waals surface area (Å²) in [6.45, 7) is -1.15. The maximum absolute atomic E-state index is 12.6. The monoisotopic (exact) mass is 416 g/mol. The Kier molecular flexibility index (Phi) is 6.30. The van der Waals surface area contributed by atoms with Gasteiger partial charge in [0.15, 0.2) is 0 Å². The molecule has 6 nitrogen and oxygen atoms in total. The molecule has 0 amide bonds. The van der Waals surface area contributed by atoms with Gasteiger partial charge in [-0.2, -0.15) is 14.0 Å². The van der Waals surface area contributed by atoms with Gasteiger partial charge in [0.2, 0.25) is 0 Å². The number of pyridine rings is 1. The molecule has 30 heavy (non-hydrogen) atoms. The smallest absolute Gasteiger partial charge is 0.387 e. The zero-order valence-corrected chi connectivity index (χ0v) is 16.7. The van der Waals surface area contributed by atoms with Gasteiger partial charge in [-0.15, -0.1) is 0 Å². The van der Waals surface area contributed by atoms with Gasteiger partial charge in [-0.25, -0.2) is 0 Å². The first kappa shape index (κ1) is 20.8. The van der Waals surface area contributed by atoms with Crippen molar-refractivity contribution >= 4 is 16.6 Å². The Labute approximate surface area is 174 Å². The Morgan fingerprint density at radius 2 is 1.97 bits per heavy atom. The highest BCUT2D eigenvalue weighted by Crippen LogP contribution is 2.32. The number of benzene rings is 1. The van der Waals surface area contributed by atoms with Crippen molar-refractivity contribution in [3.63, 3.8) is 0 Å². The molecule has 2 aliphatic rings. The molecule has 8 heteroatoms. The molecule has 1 saturated heterocycles. The summed E-state index contributed by atoms with van der Waals surface area (Å²) >= 11 is 0. The van der Waals surface area contributed by atoms with Crippen molar-refractivity contribution in [2.45, 2.75) is 63.3 Å². The topological polar surface area (TPSA) is 81.4 Å². The second-order valence-corrected chi connectivity index (χ2v) is 8.09. The summed E-state index contributed by atoms with van der Waals surface area (Å²) < 4.78 is 29.8. The van der Waals surface area contributed by atoms with Gasteiger partial charge in [0.25, 0.3) is 0 Å². The molecule has 1 aliphatic heterocycles. The van der Waals surface area contributed by atoms with Crippen molar-refractivity contribution in [1.82, 2.24) is 9.88 Å². The fourth-order valence-corrected chi connectivity index (χ4v) is 4.69. The lowest BCUT2D eigenvalue weighted by Crippen LogP contribution is -2.50. The number of aromatic nitrogens is 1. The summed E-state index contributed by atoms with van der Waals surface area (Å²) in [4.78, 5) is 6.65. The number of anilines is 1. The van der Waals surface area contributed by atoms with E-state index in [4.69, 9.17) is 0 Å². The molecular formula is C22H26F2N4O2. The lowest BCUT2D eigenvalue weighted by molar-refractivity contribution is -0.0497. The number of nitrogens with zero attached hydrogens (tertiary/aromatic N) is 3. The third-order valence-corrected chi connectivity index (χ3v) is 6.23. The van der Waals surface area contributed by atoms with E-state index >= 15 is 0 Å². The molecule has 1 saturated carbocycles. The van der Waals surface area contributed by atoms with Gasteiger partial charge in [-0.1, -0.05) is 12.8 Å². The summed E-state index contributed by atoms with van der Waals surface area (Å²) in [6.07, 6.45) is 7.20. The number of nitriles is 1. The van der Waals surface area contributed by atoms with Gasteiger partial charge >= 0.3 is 6.61 Å². The van der Waals surface area contributed by atoms with E-state index in [0.717, 1.165) is 51.6 Å². The number of hydrogen-bond acceptors (Lipinski definition) is 6. The maximum Gasteiger partial charge on any atom is 0.387 e. The fraction of sp³-hybridized carbons (Fsp3) is 0.545. The van der Waals surface area contributed by atoms with Gasteiger partial charge in [0, 0.05) is 36.8 Å². The van der Waals surface area contributed by atoms with Crippen LogP contribution in [-0.4, -0.2) is 52.9 Å². The number of piperidine rings is 1. The van der Waals surface area contributed by atoms with E-state index in [1.165, 1.54) is 18.3 Å². The van der Waals surface area contributed by atoms with Gasteiger partial charge in [-0.05, 0) is 43.9 Å². The third-order valence-electron chi connectivity index (χ3n) is 6.23. The van der Waals surface area contributed by atoms with Crippen LogP contribution < -0.4 is 10.1 Å². The van der Waals surface area contributed by atoms with Gasteiger partial charge in [0.1, 0.15) is 11.8 Å². The Morgan fingerprint density at radius 3 is 2.67 bits per heavy atom. The molecule has 2 heterocycles.